The minimum absolute atomic E-state index is 0.0346. The molecule has 1 aromatic carbocycles. The summed E-state index contributed by atoms with van der Waals surface area (Å²) in [6.07, 6.45) is 0. The number of anilines is 1. The first-order chi connectivity index (χ1) is 14.6. The Kier molecular flexibility index (Phi) is 7.76. The average Bonchev–Trinajstić information content (AvgIpc) is 3.26. The highest BCUT2D eigenvalue weighted by atomic mass is 32.1. The van der Waals surface area contributed by atoms with Gasteiger partial charge in [0.15, 0.2) is 18.1 Å². The predicted octanol–water partition coefficient (Wildman–Crippen LogP) is 2.86. The number of hydrogen-bond acceptors (Lipinski definition) is 8. The number of carbonyl (C=O) groups is 4. The van der Waals surface area contributed by atoms with Crippen LogP contribution < -0.4 is 20.1 Å². The number of thiophene rings is 1. The van der Waals surface area contributed by atoms with Crippen LogP contribution in [0, 0.1) is 5.41 Å². The smallest absolute Gasteiger partial charge is 0.340 e. The number of benzene rings is 1. The Morgan fingerprint density at radius 1 is 1.03 bits per heavy atom. The van der Waals surface area contributed by atoms with Crippen LogP contribution in [0.3, 0.4) is 0 Å². The molecule has 0 radical (unpaired) electrons. The zero-order chi connectivity index (χ0) is 23.2. The molecule has 0 saturated carbocycles. The Morgan fingerprint density at radius 2 is 1.68 bits per heavy atom. The highest BCUT2D eigenvalue weighted by molar-refractivity contribution is 7.12. The van der Waals surface area contributed by atoms with Gasteiger partial charge in [0.2, 0.25) is 5.91 Å². The summed E-state index contributed by atoms with van der Waals surface area (Å²) in [7, 11) is 2.81. The lowest BCUT2D eigenvalue weighted by molar-refractivity contribution is -0.124. The van der Waals surface area contributed by atoms with Gasteiger partial charge in [-0.2, -0.15) is 0 Å². The number of esters is 1. The molecule has 3 amide bonds. The fraction of sp³-hybridized carbons (Fsp3) is 0.333. The van der Waals surface area contributed by atoms with Crippen LogP contribution in [0.2, 0.25) is 0 Å². The van der Waals surface area contributed by atoms with E-state index in [0.717, 1.165) is 0 Å². The van der Waals surface area contributed by atoms with Gasteiger partial charge in [0, 0.05) is 17.5 Å². The number of hydrogen-bond donors (Lipinski definition) is 2. The standard InChI is InChI=1S/C21H24N2O7S/c1-21(2,3)20(27)22-13-10-15(29-5)14(28-4)9-12(13)19(26)30-11-17(24)23-18(25)16-7-6-8-31-16/h6-10H,11H2,1-5H3,(H,22,27)(H,23,24,25). The highest BCUT2D eigenvalue weighted by Gasteiger charge is 2.26. The molecule has 10 heteroatoms. The van der Waals surface area contributed by atoms with Gasteiger partial charge in [0.25, 0.3) is 11.8 Å². The lowest BCUT2D eigenvalue weighted by Gasteiger charge is -2.20. The summed E-state index contributed by atoms with van der Waals surface area (Å²) in [5.74, 6) is -2.06. The molecule has 0 unspecified atom stereocenters. The third-order valence-electron chi connectivity index (χ3n) is 4.01. The van der Waals surface area contributed by atoms with E-state index in [2.05, 4.69) is 10.6 Å². The Hall–Kier alpha value is -3.40. The number of imide groups is 1. The largest absolute Gasteiger partial charge is 0.493 e. The second-order valence-electron chi connectivity index (χ2n) is 7.39. The Labute approximate surface area is 183 Å². The van der Waals surface area contributed by atoms with Gasteiger partial charge in [-0.05, 0) is 11.4 Å². The summed E-state index contributed by atoms with van der Waals surface area (Å²) in [6.45, 7) is 4.47. The van der Waals surface area contributed by atoms with Gasteiger partial charge in [-0.3, -0.25) is 19.7 Å². The third kappa shape index (κ3) is 6.29. The number of rotatable bonds is 7. The fourth-order valence-electron chi connectivity index (χ4n) is 2.30. The Balaban J connectivity index is 2.18. The molecule has 0 bridgehead atoms. The van der Waals surface area contributed by atoms with E-state index in [-0.39, 0.29) is 22.9 Å². The molecular formula is C21H24N2O7S. The van der Waals surface area contributed by atoms with Gasteiger partial charge in [-0.1, -0.05) is 26.8 Å². The number of nitrogens with one attached hydrogen (secondary N) is 2. The molecule has 9 nitrogen and oxygen atoms in total. The molecule has 0 spiro atoms. The lowest BCUT2D eigenvalue weighted by Crippen LogP contribution is -2.34. The lowest BCUT2D eigenvalue weighted by atomic mass is 9.95. The van der Waals surface area contributed by atoms with Crippen molar-refractivity contribution in [2.24, 2.45) is 5.41 Å². The number of amides is 3. The molecule has 0 aliphatic carbocycles. The molecule has 0 aliphatic rings. The monoisotopic (exact) mass is 448 g/mol. The topological polar surface area (TPSA) is 120 Å². The molecule has 166 valence electrons. The van der Waals surface area contributed by atoms with Gasteiger partial charge in [0.05, 0.1) is 30.3 Å². The summed E-state index contributed by atoms with van der Waals surface area (Å²) in [6, 6.07) is 6.01. The van der Waals surface area contributed by atoms with E-state index in [1.807, 2.05) is 0 Å². The molecule has 31 heavy (non-hydrogen) atoms. The van der Waals surface area contributed by atoms with Crippen LogP contribution in [0.5, 0.6) is 11.5 Å². The van der Waals surface area contributed by atoms with E-state index >= 15 is 0 Å². The summed E-state index contributed by atoms with van der Waals surface area (Å²) in [5, 5.41) is 6.50. The van der Waals surface area contributed by atoms with E-state index in [0.29, 0.717) is 10.6 Å². The summed E-state index contributed by atoms with van der Waals surface area (Å²) >= 11 is 1.17. The number of carbonyl (C=O) groups excluding carboxylic acids is 4. The van der Waals surface area contributed by atoms with Gasteiger partial charge >= 0.3 is 5.97 Å². The molecule has 2 aromatic rings. The van der Waals surface area contributed by atoms with Crippen molar-refractivity contribution < 1.29 is 33.4 Å². The maximum Gasteiger partial charge on any atom is 0.340 e. The van der Waals surface area contributed by atoms with Crippen LogP contribution in [0.1, 0.15) is 40.8 Å². The zero-order valence-electron chi connectivity index (χ0n) is 17.9. The van der Waals surface area contributed by atoms with Crippen LogP contribution in [-0.4, -0.2) is 44.5 Å². The van der Waals surface area contributed by atoms with Crippen LogP contribution in [0.25, 0.3) is 0 Å². The first-order valence-electron chi connectivity index (χ1n) is 9.19. The molecule has 0 fully saturated rings. The van der Waals surface area contributed by atoms with Crippen molar-refractivity contribution in [1.29, 1.82) is 0 Å². The SMILES string of the molecule is COc1cc(NC(=O)C(C)(C)C)c(C(=O)OCC(=O)NC(=O)c2cccs2)cc1OC. The molecule has 1 aromatic heterocycles. The molecular weight excluding hydrogens is 424 g/mol. The van der Waals surface area contributed by atoms with Crippen molar-refractivity contribution in [3.8, 4) is 11.5 Å². The first kappa shape index (κ1) is 23.9. The van der Waals surface area contributed by atoms with Gasteiger partial charge < -0.3 is 19.5 Å². The van der Waals surface area contributed by atoms with Crippen molar-refractivity contribution in [2.75, 3.05) is 26.1 Å². The quantitative estimate of drug-likeness (QED) is 0.625. The average molecular weight is 448 g/mol. The van der Waals surface area contributed by atoms with Crippen molar-refractivity contribution >= 4 is 40.7 Å². The van der Waals surface area contributed by atoms with E-state index < -0.39 is 29.8 Å². The predicted molar refractivity (Wildman–Crippen MR) is 115 cm³/mol. The molecule has 2 rings (SSSR count). The zero-order valence-corrected chi connectivity index (χ0v) is 18.7. The highest BCUT2D eigenvalue weighted by Crippen LogP contribution is 2.34. The maximum atomic E-state index is 12.7. The summed E-state index contributed by atoms with van der Waals surface area (Å²) in [5.41, 5.74) is -0.624. The van der Waals surface area contributed by atoms with Crippen molar-refractivity contribution in [2.45, 2.75) is 20.8 Å². The molecule has 0 saturated heterocycles. The van der Waals surface area contributed by atoms with Crippen molar-refractivity contribution in [3.63, 3.8) is 0 Å². The van der Waals surface area contributed by atoms with Crippen molar-refractivity contribution in [3.05, 3.63) is 40.1 Å². The third-order valence-corrected chi connectivity index (χ3v) is 4.87. The Morgan fingerprint density at radius 3 is 2.23 bits per heavy atom. The van der Waals surface area contributed by atoms with Gasteiger partial charge in [-0.15, -0.1) is 11.3 Å². The number of methoxy groups -OCH3 is 2. The van der Waals surface area contributed by atoms with Gasteiger partial charge in [-0.25, -0.2) is 4.79 Å². The van der Waals surface area contributed by atoms with E-state index in [1.54, 1.807) is 38.3 Å². The van der Waals surface area contributed by atoms with Crippen molar-refractivity contribution in [1.82, 2.24) is 5.32 Å². The molecule has 0 atom stereocenters. The van der Waals surface area contributed by atoms with Crippen LogP contribution in [0.15, 0.2) is 29.6 Å². The Bertz CT molecular complexity index is 978. The second-order valence-corrected chi connectivity index (χ2v) is 8.34. The fourth-order valence-corrected chi connectivity index (χ4v) is 2.92. The second kappa shape index (κ2) is 10.1. The molecule has 2 N–H and O–H groups in total. The summed E-state index contributed by atoms with van der Waals surface area (Å²) < 4.78 is 15.5. The first-order valence-corrected chi connectivity index (χ1v) is 10.1. The van der Waals surface area contributed by atoms with E-state index in [1.165, 1.54) is 37.7 Å². The van der Waals surface area contributed by atoms with Crippen LogP contribution in [0.4, 0.5) is 5.69 Å². The van der Waals surface area contributed by atoms with E-state index in [9.17, 15) is 19.2 Å². The van der Waals surface area contributed by atoms with Crippen LogP contribution in [-0.2, 0) is 14.3 Å². The summed E-state index contributed by atoms with van der Waals surface area (Å²) in [4.78, 5) is 49.3. The van der Waals surface area contributed by atoms with Gasteiger partial charge in [0.1, 0.15) is 0 Å². The minimum atomic E-state index is -0.885. The van der Waals surface area contributed by atoms with Crippen LogP contribution >= 0.6 is 11.3 Å². The number of ether oxygens (including phenoxy) is 3. The van der Waals surface area contributed by atoms with E-state index in [4.69, 9.17) is 14.2 Å². The molecule has 0 aliphatic heterocycles. The maximum absolute atomic E-state index is 12.7. The normalized spacial score (nSPS) is 10.7. The minimum Gasteiger partial charge on any atom is -0.493 e. The molecule has 1 heterocycles.